The van der Waals surface area contributed by atoms with Crippen molar-refractivity contribution in [2.45, 2.75) is 20.0 Å². The number of para-hydroxylation sites is 1. The van der Waals surface area contributed by atoms with E-state index in [0.29, 0.717) is 5.56 Å². The number of carbonyl (C=O) groups is 2. The minimum atomic E-state index is -0.562. The summed E-state index contributed by atoms with van der Waals surface area (Å²) in [5.41, 5.74) is 0.190. The average molecular weight is 366 g/mol. The molecule has 9 heteroatoms. The van der Waals surface area contributed by atoms with E-state index < -0.39 is 16.8 Å². The molecule has 126 valence electrons. The lowest BCUT2D eigenvalue weighted by molar-refractivity contribution is -0.385. The summed E-state index contributed by atoms with van der Waals surface area (Å²) in [5.74, 6) is -1.03. The molecule has 0 atom stereocenters. The van der Waals surface area contributed by atoms with Crippen LogP contribution in [0.1, 0.15) is 19.4 Å². The van der Waals surface area contributed by atoms with Gasteiger partial charge in [-0.25, -0.2) is 0 Å². The first kappa shape index (κ1) is 18.1. The zero-order chi connectivity index (χ0) is 17.9. The normalized spacial score (nSPS) is 16.1. The van der Waals surface area contributed by atoms with E-state index in [1.54, 1.807) is 26.0 Å². The Bertz CT molecular complexity index is 745. The molecule has 2 rings (SSSR count). The van der Waals surface area contributed by atoms with Gasteiger partial charge in [-0.05, 0) is 26.0 Å². The van der Waals surface area contributed by atoms with Crippen LogP contribution in [0.5, 0.6) is 0 Å². The van der Waals surface area contributed by atoms with Gasteiger partial charge in [-0.15, -0.1) is 0 Å². The molecule has 0 bridgehead atoms. The van der Waals surface area contributed by atoms with Crippen LogP contribution in [0.3, 0.4) is 0 Å². The molecule has 0 spiro atoms. The molecule has 24 heavy (non-hydrogen) atoms. The van der Waals surface area contributed by atoms with E-state index in [4.69, 9.17) is 17.0 Å². The molecule has 1 heterocycles. The third-order valence-corrected chi connectivity index (χ3v) is 4.33. The second kappa shape index (κ2) is 7.54. The van der Waals surface area contributed by atoms with Crippen molar-refractivity contribution < 1.29 is 19.2 Å². The Hall–Kier alpha value is -2.26. The fourth-order valence-corrected chi connectivity index (χ4v) is 3.23. The Labute approximate surface area is 147 Å². The van der Waals surface area contributed by atoms with Gasteiger partial charge in [0.2, 0.25) is 0 Å². The van der Waals surface area contributed by atoms with E-state index in [1.165, 1.54) is 18.2 Å². The van der Waals surface area contributed by atoms with Crippen molar-refractivity contribution >= 4 is 51.9 Å². The highest BCUT2D eigenvalue weighted by Crippen LogP contribution is 2.34. The van der Waals surface area contributed by atoms with Crippen LogP contribution in [-0.2, 0) is 14.3 Å². The Morgan fingerprint density at radius 3 is 2.75 bits per heavy atom. The molecule has 1 amide bonds. The average Bonchev–Trinajstić information content (AvgIpc) is 2.74. The van der Waals surface area contributed by atoms with Gasteiger partial charge in [0.15, 0.2) is 0 Å². The lowest BCUT2D eigenvalue weighted by Gasteiger charge is -2.14. The number of hydrogen-bond acceptors (Lipinski definition) is 7. The van der Waals surface area contributed by atoms with Crippen LogP contribution in [0.4, 0.5) is 5.69 Å². The highest BCUT2D eigenvalue weighted by molar-refractivity contribution is 8.26. The Morgan fingerprint density at radius 1 is 1.46 bits per heavy atom. The number of thiocarbonyl (C=S) groups is 1. The lowest BCUT2D eigenvalue weighted by atomic mass is 10.1. The third kappa shape index (κ3) is 4.18. The molecule has 1 aromatic carbocycles. The highest BCUT2D eigenvalue weighted by Gasteiger charge is 2.34. The zero-order valence-electron chi connectivity index (χ0n) is 12.9. The number of benzene rings is 1. The van der Waals surface area contributed by atoms with Crippen molar-refractivity contribution in [2.24, 2.45) is 0 Å². The predicted molar refractivity (Wildman–Crippen MR) is 94.2 cm³/mol. The SMILES string of the molecule is CC(C)OC(=O)CN1C(=O)/C(=C/c2ccccc2[N+](=O)[O-])SC1=S. The number of thioether (sulfide) groups is 1. The summed E-state index contributed by atoms with van der Waals surface area (Å²) in [5, 5.41) is 11.0. The first-order valence-corrected chi connectivity index (χ1v) is 8.20. The maximum atomic E-state index is 12.4. The number of carbonyl (C=O) groups excluding carboxylic acids is 2. The molecule has 1 saturated heterocycles. The molecule has 0 aliphatic carbocycles. The van der Waals surface area contributed by atoms with Crippen LogP contribution in [-0.4, -0.2) is 38.7 Å². The standard InChI is InChI=1S/C15H14N2O5S2/c1-9(2)22-13(18)8-16-14(19)12(24-15(16)23)7-10-5-3-4-6-11(10)17(20)21/h3-7,9H,8H2,1-2H3/b12-7-. The summed E-state index contributed by atoms with van der Waals surface area (Å²) in [6.45, 7) is 3.13. The van der Waals surface area contributed by atoms with Crippen LogP contribution in [0, 0.1) is 10.1 Å². The second-order valence-electron chi connectivity index (χ2n) is 5.12. The number of ether oxygens (including phenoxy) is 1. The van der Waals surface area contributed by atoms with Crippen molar-refractivity contribution in [3.05, 3.63) is 44.8 Å². The number of nitrogens with zero attached hydrogens (tertiary/aromatic N) is 2. The van der Waals surface area contributed by atoms with Crippen molar-refractivity contribution in [1.29, 1.82) is 0 Å². The Morgan fingerprint density at radius 2 is 2.12 bits per heavy atom. The van der Waals surface area contributed by atoms with Crippen LogP contribution < -0.4 is 0 Å². The molecule has 1 aromatic rings. The van der Waals surface area contributed by atoms with Crippen LogP contribution in [0.25, 0.3) is 6.08 Å². The van der Waals surface area contributed by atoms with E-state index >= 15 is 0 Å². The van der Waals surface area contributed by atoms with Gasteiger partial charge in [0.05, 0.1) is 21.5 Å². The Balaban J connectivity index is 2.23. The largest absolute Gasteiger partial charge is 0.462 e. The van der Waals surface area contributed by atoms with E-state index in [2.05, 4.69) is 0 Å². The molecule has 0 saturated carbocycles. The summed E-state index contributed by atoms with van der Waals surface area (Å²) >= 11 is 6.11. The highest BCUT2D eigenvalue weighted by atomic mass is 32.2. The van der Waals surface area contributed by atoms with Gasteiger partial charge in [0, 0.05) is 6.07 Å². The molecule has 0 radical (unpaired) electrons. The van der Waals surface area contributed by atoms with E-state index in [1.807, 2.05) is 0 Å². The molecule has 0 unspecified atom stereocenters. The van der Waals surface area contributed by atoms with Crippen LogP contribution in [0.15, 0.2) is 29.2 Å². The predicted octanol–water partition coefficient (Wildman–Crippen LogP) is 2.75. The van der Waals surface area contributed by atoms with E-state index in [-0.39, 0.29) is 27.6 Å². The number of amides is 1. The molecule has 1 fully saturated rings. The van der Waals surface area contributed by atoms with Gasteiger partial charge in [0.1, 0.15) is 10.9 Å². The summed E-state index contributed by atoms with van der Waals surface area (Å²) in [4.78, 5) is 36.0. The summed E-state index contributed by atoms with van der Waals surface area (Å²) in [7, 11) is 0. The molecule has 7 nitrogen and oxygen atoms in total. The van der Waals surface area contributed by atoms with Crippen molar-refractivity contribution in [2.75, 3.05) is 6.54 Å². The van der Waals surface area contributed by atoms with Gasteiger partial charge in [-0.3, -0.25) is 24.6 Å². The molecule has 1 aliphatic heterocycles. The fraction of sp³-hybridized carbons (Fsp3) is 0.267. The number of hydrogen-bond donors (Lipinski definition) is 0. The smallest absolute Gasteiger partial charge is 0.326 e. The van der Waals surface area contributed by atoms with Crippen molar-refractivity contribution in [1.82, 2.24) is 4.90 Å². The van der Waals surface area contributed by atoms with E-state index in [0.717, 1.165) is 16.7 Å². The van der Waals surface area contributed by atoms with Gasteiger partial charge in [-0.1, -0.05) is 36.1 Å². The molecule has 1 aliphatic rings. The van der Waals surface area contributed by atoms with Crippen LogP contribution in [0.2, 0.25) is 0 Å². The minimum absolute atomic E-state index is 0.109. The molecular formula is C15H14N2O5S2. The van der Waals surface area contributed by atoms with Crippen molar-refractivity contribution in [3.8, 4) is 0 Å². The zero-order valence-corrected chi connectivity index (χ0v) is 14.6. The monoisotopic (exact) mass is 366 g/mol. The fourth-order valence-electron chi connectivity index (χ4n) is 1.98. The quantitative estimate of drug-likeness (QED) is 0.260. The topological polar surface area (TPSA) is 89.8 Å². The number of esters is 1. The first-order valence-electron chi connectivity index (χ1n) is 6.98. The minimum Gasteiger partial charge on any atom is -0.462 e. The van der Waals surface area contributed by atoms with Crippen LogP contribution >= 0.6 is 24.0 Å². The summed E-state index contributed by atoms with van der Waals surface area (Å²) < 4.78 is 5.22. The molecule has 0 N–H and O–H groups in total. The summed E-state index contributed by atoms with van der Waals surface area (Å²) in [6.07, 6.45) is 1.11. The maximum absolute atomic E-state index is 12.4. The maximum Gasteiger partial charge on any atom is 0.326 e. The molecule has 0 aromatic heterocycles. The summed E-state index contributed by atoms with van der Waals surface area (Å²) in [6, 6.07) is 6.08. The third-order valence-electron chi connectivity index (χ3n) is 2.95. The number of nitro groups is 1. The van der Waals surface area contributed by atoms with Gasteiger partial charge >= 0.3 is 5.97 Å². The first-order chi connectivity index (χ1) is 11.3. The van der Waals surface area contributed by atoms with Gasteiger partial charge in [0.25, 0.3) is 11.6 Å². The van der Waals surface area contributed by atoms with Gasteiger partial charge in [-0.2, -0.15) is 0 Å². The number of rotatable bonds is 5. The van der Waals surface area contributed by atoms with Gasteiger partial charge < -0.3 is 4.74 Å². The number of nitro benzene ring substituents is 1. The Kier molecular flexibility index (Phi) is 5.68. The lowest BCUT2D eigenvalue weighted by Crippen LogP contribution is -2.35. The van der Waals surface area contributed by atoms with E-state index in [9.17, 15) is 19.7 Å². The van der Waals surface area contributed by atoms with Crippen molar-refractivity contribution in [3.63, 3.8) is 0 Å². The molecular weight excluding hydrogens is 352 g/mol. The second-order valence-corrected chi connectivity index (χ2v) is 6.80.